The molecule has 7 nitrogen and oxygen atoms in total. The second kappa shape index (κ2) is 10.3. The van der Waals surface area contributed by atoms with E-state index in [1.165, 1.54) is 12.0 Å². The Hall–Kier alpha value is -3.32. The van der Waals surface area contributed by atoms with Gasteiger partial charge in [0.1, 0.15) is 17.3 Å². The van der Waals surface area contributed by atoms with Crippen molar-refractivity contribution in [3.05, 3.63) is 64.7 Å². The van der Waals surface area contributed by atoms with Gasteiger partial charge in [-0.05, 0) is 50.1 Å². The summed E-state index contributed by atoms with van der Waals surface area (Å²) in [6.07, 6.45) is 0.555. The number of aliphatic hydroxyl groups excluding tert-OH is 1. The van der Waals surface area contributed by atoms with E-state index in [-0.39, 0.29) is 11.3 Å². The van der Waals surface area contributed by atoms with Crippen molar-refractivity contribution in [2.75, 3.05) is 34.0 Å². The SMILES string of the molecule is CCOc1cccc(C2/C(=C(\O)c3cc(C)ccc3OC)C(=O)C(=O)N2CCCOC)c1. The van der Waals surface area contributed by atoms with Gasteiger partial charge in [0.05, 0.1) is 30.9 Å². The van der Waals surface area contributed by atoms with Crippen LogP contribution in [0, 0.1) is 6.92 Å². The molecule has 1 amide bonds. The molecular weight excluding hydrogens is 410 g/mol. The molecule has 1 atom stereocenters. The first-order valence-corrected chi connectivity index (χ1v) is 10.6. The van der Waals surface area contributed by atoms with Crippen LogP contribution in [0.1, 0.15) is 36.1 Å². The number of carbonyl (C=O) groups excluding carboxylic acids is 2. The largest absolute Gasteiger partial charge is 0.507 e. The molecule has 1 fully saturated rings. The van der Waals surface area contributed by atoms with Crippen molar-refractivity contribution < 1.29 is 28.9 Å². The van der Waals surface area contributed by atoms with Crippen LogP contribution in [0.15, 0.2) is 48.0 Å². The summed E-state index contributed by atoms with van der Waals surface area (Å²) in [7, 11) is 3.08. The van der Waals surface area contributed by atoms with Crippen LogP contribution in [0.5, 0.6) is 11.5 Å². The van der Waals surface area contributed by atoms with Crippen LogP contribution in [0.2, 0.25) is 0 Å². The Balaban J connectivity index is 2.19. The Labute approximate surface area is 188 Å². The van der Waals surface area contributed by atoms with Gasteiger partial charge in [-0.1, -0.05) is 23.8 Å². The molecule has 1 aliphatic heterocycles. The number of hydrogen-bond acceptors (Lipinski definition) is 6. The molecule has 0 aromatic heterocycles. The average Bonchev–Trinajstić information content (AvgIpc) is 3.04. The predicted octanol–water partition coefficient (Wildman–Crippen LogP) is 3.86. The lowest BCUT2D eigenvalue weighted by atomic mass is 9.94. The fraction of sp³-hybridized carbons (Fsp3) is 0.360. The third-order valence-electron chi connectivity index (χ3n) is 5.38. The minimum atomic E-state index is -0.752. The number of benzene rings is 2. The van der Waals surface area contributed by atoms with Gasteiger partial charge in [-0.15, -0.1) is 0 Å². The molecule has 3 rings (SSSR count). The van der Waals surface area contributed by atoms with Crippen molar-refractivity contribution in [1.82, 2.24) is 4.90 Å². The van der Waals surface area contributed by atoms with Crippen LogP contribution in [-0.2, 0) is 14.3 Å². The number of ketones is 1. The molecule has 1 unspecified atom stereocenters. The summed E-state index contributed by atoms with van der Waals surface area (Å²) in [4.78, 5) is 27.6. The standard InChI is InChI=1S/C25H29NO6/c1-5-32-18-9-6-8-17(15-18)22-21(24(28)25(29)26(22)12-7-13-30-3)23(27)19-14-16(2)10-11-20(19)31-4/h6,8-11,14-15,22,27H,5,7,12-13H2,1-4H3/b23-21+. The number of Topliss-reactive ketones (excluding diaryl/α,β-unsaturated/α-hetero) is 1. The van der Waals surface area contributed by atoms with Crippen LogP contribution in [0.25, 0.3) is 5.76 Å². The number of methoxy groups -OCH3 is 2. The fourth-order valence-electron chi connectivity index (χ4n) is 3.93. The Morgan fingerprint density at radius 1 is 1.12 bits per heavy atom. The number of likely N-dealkylation sites (tertiary alicyclic amines) is 1. The zero-order chi connectivity index (χ0) is 23.3. The van der Waals surface area contributed by atoms with Crippen molar-refractivity contribution in [2.45, 2.75) is 26.3 Å². The van der Waals surface area contributed by atoms with E-state index >= 15 is 0 Å². The van der Waals surface area contributed by atoms with Crippen molar-refractivity contribution in [2.24, 2.45) is 0 Å². The van der Waals surface area contributed by atoms with Crippen molar-refractivity contribution in [3.8, 4) is 11.5 Å². The lowest BCUT2D eigenvalue weighted by Gasteiger charge is -2.25. The number of rotatable bonds is 9. The van der Waals surface area contributed by atoms with Crippen LogP contribution < -0.4 is 9.47 Å². The molecule has 2 aromatic carbocycles. The molecular formula is C25H29NO6. The van der Waals surface area contributed by atoms with Gasteiger partial charge < -0.3 is 24.2 Å². The van der Waals surface area contributed by atoms with E-state index in [1.54, 1.807) is 25.3 Å². The van der Waals surface area contributed by atoms with E-state index in [2.05, 4.69) is 0 Å². The maximum Gasteiger partial charge on any atom is 0.295 e. The van der Waals surface area contributed by atoms with Crippen molar-refractivity contribution >= 4 is 17.4 Å². The highest BCUT2D eigenvalue weighted by Crippen LogP contribution is 2.41. The lowest BCUT2D eigenvalue weighted by Crippen LogP contribution is -2.31. The van der Waals surface area contributed by atoms with Gasteiger partial charge in [0.2, 0.25) is 0 Å². The molecule has 0 saturated carbocycles. The lowest BCUT2D eigenvalue weighted by molar-refractivity contribution is -0.140. The zero-order valence-corrected chi connectivity index (χ0v) is 18.9. The third kappa shape index (κ3) is 4.62. The summed E-state index contributed by atoms with van der Waals surface area (Å²) in [5.74, 6) is -0.595. The molecule has 1 saturated heterocycles. The number of aryl methyl sites for hydroxylation is 1. The normalized spacial score (nSPS) is 17.6. The second-order valence-corrected chi connectivity index (χ2v) is 7.55. The van der Waals surface area contributed by atoms with E-state index < -0.39 is 17.7 Å². The minimum absolute atomic E-state index is 0.0324. The highest BCUT2D eigenvalue weighted by molar-refractivity contribution is 6.46. The summed E-state index contributed by atoms with van der Waals surface area (Å²) in [6.45, 7) is 5.00. The molecule has 32 heavy (non-hydrogen) atoms. The molecule has 1 heterocycles. The molecule has 7 heteroatoms. The van der Waals surface area contributed by atoms with E-state index in [9.17, 15) is 14.7 Å². The Morgan fingerprint density at radius 2 is 1.91 bits per heavy atom. The number of ether oxygens (including phenoxy) is 3. The van der Waals surface area contributed by atoms with Crippen molar-refractivity contribution in [3.63, 3.8) is 0 Å². The monoisotopic (exact) mass is 439 g/mol. The first-order valence-electron chi connectivity index (χ1n) is 10.6. The highest BCUT2D eigenvalue weighted by Gasteiger charge is 2.46. The molecule has 0 radical (unpaired) electrons. The molecule has 1 N–H and O–H groups in total. The van der Waals surface area contributed by atoms with Gasteiger partial charge in [-0.25, -0.2) is 0 Å². The summed E-state index contributed by atoms with van der Waals surface area (Å²) in [5.41, 5.74) is 1.97. The first kappa shape index (κ1) is 23.3. The summed E-state index contributed by atoms with van der Waals surface area (Å²) in [6, 6.07) is 11.8. The number of amides is 1. The van der Waals surface area contributed by atoms with Crippen LogP contribution in [0.3, 0.4) is 0 Å². The molecule has 0 spiro atoms. The van der Waals surface area contributed by atoms with Gasteiger partial charge in [0.15, 0.2) is 0 Å². The average molecular weight is 440 g/mol. The molecule has 2 aromatic rings. The summed E-state index contributed by atoms with van der Waals surface area (Å²) < 4.78 is 16.1. The van der Waals surface area contributed by atoms with E-state index in [0.717, 1.165) is 5.56 Å². The summed E-state index contributed by atoms with van der Waals surface area (Å²) >= 11 is 0. The predicted molar refractivity (Wildman–Crippen MR) is 121 cm³/mol. The topological polar surface area (TPSA) is 85.3 Å². The number of hydrogen-bond donors (Lipinski definition) is 1. The van der Waals surface area contributed by atoms with Gasteiger partial charge in [0, 0.05) is 20.3 Å². The van der Waals surface area contributed by atoms with E-state index in [1.807, 2.05) is 38.1 Å². The van der Waals surface area contributed by atoms with E-state index in [0.29, 0.717) is 48.8 Å². The van der Waals surface area contributed by atoms with Crippen molar-refractivity contribution in [1.29, 1.82) is 0 Å². The van der Waals surface area contributed by atoms with Gasteiger partial charge >= 0.3 is 0 Å². The quantitative estimate of drug-likeness (QED) is 0.276. The Kier molecular flexibility index (Phi) is 7.53. The maximum atomic E-state index is 13.1. The Bertz CT molecular complexity index is 1030. The van der Waals surface area contributed by atoms with Gasteiger partial charge in [0.25, 0.3) is 11.7 Å². The van der Waals surface area contributed by atoms with Gasteiger partial charge in [-0.2, -0.15) is 0 Å². The zero-order valence-electron chi connectivity index (χ0n) is 18.9. The Morgan fingerprint density at radius 3 is 2.59 bits per heavy atom. The molecule has 0 bridgehead atoms. The highest BCUT2D eigenvalue weighted by atomic mass is 16.5. The first-order chi connectivity index (χ1) is 15.4. The number of aliphatic hydroxyl groups is 1. The third-order valence-corrected chi connectivity index (χ3v) is 5.38. The van der Waals surface area contributed by atoms with Gasteiger partial charge in [-0.3, -0.25) is 9.59 Å². The second-order valence-electron chi connectivity index (χ2n) is 7.55. The number of carbonyl (C=O) groups is 2. The smallest absolute Gasteiger partial charge is 0.295 e. The molecule has 0 aliphatic carbocycles. The molecule has 1 aliphatic rings. The van der Waals surface area contributed by atoms with E-state index in [4.69, 9.17) is 14.2 Å². The molecule has 170 valence electrons. The van der Waals surface area contributed by atoms with Crippen LogP contribution >= 0.6 is 0 Å². The minimum Gasteiger partial charge on any atom is -0.507 e. The maximum absolute atomic E-state index is 13.1. The number of nitrogens with zero attached hydrogens (tertiary/aromatic N) is 1. The fourth-order valence-corrected chi connectivity index (χ4v) is 3.93. The van der Waals surface area contributed by atoms with Crippen LogP contribution in [0.4, 0.5) is 0 Å². The van der Waals surface area contributed by atoms with Crippen LogP contribution in [-0.4, -0.2) is 55.7 Å². The summed E-state index contributed by atoms with van der Waals surface area (Å²) in [5, 5.41) is 11.3.